The van der Waals surface area contributed by atoms with E-state index in [-0.39, 0.29) is 5.91 Å². The molecule has 1 amide bonds. The van der Waals surface area contributed by atoms with E-state index in [2.05, 4.69) is 11.5 Å². The third-order valence-corrected chi connectivity index (χ3v) is 4.15. The molecule has 1 saturated heterocycles. The Hall–Kier alpha value is -1.23. The molecule has 4 nitrogen and oxygen atoms in total. The molecule has 0 N–H and O–H groups in total. The summed E-state index contributed by atoms with van der Waals surface area (Å²) in [4.78, 5) is 16.5. The number of benzene rings is 1. The Kier molecular flexibility index (Phi) is 6.12. The highest BCUT2D eigenvalue weighted by Gasteiger charge is 2.26. The van der Waals surface area contributed by atoms with E-state index in [1.165, 1.54) is 0 Å². The first-order valence-electron chi connectivity index (χ1n) is 7.25. The van der Waals surface area contributed by atoms with Crippen LogP contribution in [0.1, 0.15) is 6.92 Å². The van der Waals surface area contributed by atoms with Crippen LogP contribution in [0.25, 0.3) is 0 Å². The predicted molar refractivity (Wildman–Crippen MR) is 89.8 cm³/mol. The third kappa shape index (κ3) is 4.38. The summed E-state index contributed by atoms with van der Waals surface area (Å²) in [6.45, 7) is 9.44. The number of hydrogen-bond donors (Lipinski definition) is 0. The summed E-state index contributed by atoms with van der Waals surface area (Å²) in [6, 6.07) is 4.97. The maximum absolute atomic E-state index is 12.4. The van der Waals surface area contributed by atoms with E-state index < -0.39 is 6.10 Å². The Bertz CT molecular complexity index is 543. The topological polar surface area (TPSA) is 32.8 Å². The highest BCUT2D eigenvalue weighted by Crippen LogP contribution is 2.28. The second-order valence-electron chi connectivity index (χ2n) is 5.25. The summed E-state index contributed by atoms with van der Waals surface area (Å²) in [7, 11) is 0. The van der Waals surface area contributed by atoms with Crippen LogP contribution in [0, 0.1) is 0 Å². The smallest absolute Gasteiger partial charge is 0.263 e. The average molecular weight is 343 g/mol. The van der Waals surface area contributed by atoms with Crippen molar-refractivity contribution in [2.45, 2.75) is 13.0 Å². The van der Waals surface area contributed by atoms with E-state index in [0.717, 1.165) is 19.6 Å². The fourth-order valence-corrected chi connectivity index (χ4v) is 2.86. The lowest BCUT2D eigenvalue weighted by Crippen LogP contribution is -2.51. The van der Waals surface area contributed by atoms with Gasteiger partial charge in [-0.2, -0.15) is 0 Å². The van der Waals surface area contributed by atoms with Crippen molar-refractivity contribution in [3.63, 3.8) is 0 Å². The summed E-state index contributed by atoms with van der Waals surface area (Å²) < 4.78 is 5.68. The number of halogens is 2. The fourth-order valence-electron chi connectivity index (χ4n) is 2.40. The molecular weight excluding hydrogens is 323 g/mol. The second-order valence-corrected chi connectivity index (χ2v) is 6.09. The van der Waals surface area contributed by atoms with Crippen LogP contribution in [0.3, 0.4) is 0 Å². The zero-order valence-electron chi connectivity index (χ0n) is 12.6. The molecular formula is C16H20Cl2N2O2. The largest absolute Gasteiger partial charge is 0.479 e. The molecule has 22 heavy (non-hydrogen) atoms. The van der Waals surface area contributed by atoms with Crippen molar-refractivity contribution in [1.29, 1.82) is 0 Å². The first-order chi connectivity index (χ1) is 10.5. The van der Waals surface area contributed by atoms with Crippen LogP contribution in [-0.2, 0) is 4.79 Å². The summed E-state index contributed by atoms with van der Waals surface area (Å²) >= 11 is 11.9. The third-order valence-electron chi connectivity index (χ3n) is 3.62. The van der Waals surface area contributed by atoms with E-state index in [0.29, 0.717) is 28.9 Å². The number of ether oxygens (including phenoxy) is 1. The molecule has 1 fully saturated rings. The first-order valence-corrected chi connectivity index (χ1v) is 8.00. The average Bonchev–Trinajstić information content (AvgIpc) is 2.50. The van der Waals surface area contributed by atoms with Crippen molar-refractivity contribution in [2.24, 2.45) is 0 Å². The monoisotopic (exact) mass is 342 g/mol. The van der Waals surface area contributed by atoms with Gasteiger partial charge >= 0.3 is 0 Å². The molecule has 0 spiro atoms. The number of piperazine rings is 1. The van der Waals surface area contributed by atoms with Crippen molar-refractivity contribution < 1.29 is 9.53 Å². The normalized spacial score (nSPS) is 17.1. The van der Waals surface area contributed by atoms with Crippen LogP contribution in [0.2, 0.25) is 10.0 Å². The Morgan fingerprint density at radius 2 is 2.05 bits per heavy atom. The van der Waals surface area contributed by atoms with Crippen molar-refractivity contribution >= 4 is 29.1 Å². The molecule has 6 heteroatoms. The Morgan fingerprint density at radius 3 is 2.64 bits per heavy atom. The standard InChI is InChI=1S/C16H20Cl2N2O2/c1-3-6-19-7-9-20(10-8-19)16(21)12(2)22-15-5-4-13(17)11-14(15)18/h3-5,11-12H,1,6-10H2,2H3. The van der Waals surface area contributed by atoms with Gasteiger partial charge in [-0.1, -0.05) is 29.3 Å². The summed E-state index contributed by atoms with van der Waals surface area (Å²) in [5.41, 5.74) is 0. The molecule has 0 radical (unpaired) electrons. The van der Waals surface area contributed by atoms with Gasteiger partial charge in [-0.25, -0.2) is 0 Å². The van der Waals surface area contributed by atoms with Gasteiger partial charge in [0.15, 0.2) is 6.10 Å². The number of rotatable bonds is 5. The zero-order chi connectivity index (χ0) is 16.1. The molecule has 0 aliphatic carbocycles. The molecule has 120 valence electrons. The predicted octanol–water partition coefficient (Wildman–Crippen LogP) is 3.09. The maximum atomic E-state index is 12.4. The van der Waals surface area contributed by atoms with Gasteiger partial charge in [-0.05, 0) is 25.1 Å². The number of carbonyl (C=O) groups excluding carboxylic acids is 1. The molecule has 1 heterocycles. The highest BCUT2D eigenvalue weighted by molar-refractivity contribution is 6.35. The van der Waals surface area contributed by atoms with Crippen LogP contribution in [-0.4, -0.2) is 54.5 Å². The van der Waals surface area contributed by atoms with E-state index in [9.17, 15) is 4.79 Å². The lowest BCUT2D eigenvalue weighted by molar-refractivity contribution is -0.139. The minimum Gasteiger partial charge on any atom is -0.479 e. The van der Waals surface area contributed by atoms with Crippen LogP contribution in [0.4, 0.5) is 0 Å². The molecule has 2 rings (SSSR count). The van der Waals surface area contributed by atoms with Crippen molar-refractivity contribution in [3.05, 3.63) is 40.9 Å². The van der Waals surface area contributed by atoms with E-state index >= 15 is 0 Å². The minimum absolute atomic E-state index is 0.0238. The molecule has 0 bridgehead atoms. The number of carbonyl (C=O) groups is 1. The molecule has 0 aromatic heterocycles. The highest BCUT2D eigenvalue weighted by atomic mass is 35.5. The SMILES string of the molecule is C=CCN1CCN(C(=O)C(C)Oc2ccc(Cl)cc2Cl)CC1. The summed E-state index contributed by atoms with van der Waals surface area (Å²) in [6.07, 6.45) is 1.30. The molecule has 1 aliphatic rings. The van der Waals surface area contributed by atoms with Gasteiger partial charge in [0, 0.05) is 37.7 Å². The van der Waals surface area contributed by atoms with E-state index in [1.807, 2.05) is 11.0 Å². The maximum Gasteiger partial charge on any atom is 0.263 e. The van der Waals surface area contributed by atoms with Gasteiger partial charge < -0.3 is 9.64 Å². The van der Waals surface area contributed by atoms with Crippen molar-refractivity contribution in [1.82, 2.24) is 9.80 Å². The molecule has 1 unspecified atom stereocenters. The molecule has 1 aliphatic heterocycles. The number of hydrogen-bond acceptors (Lipinski definition) is 3. The van der Waals surface area contributed by atoms with Gasteiger partial charge in [0.25, 0.3) is 5.91 Å². The minimum atomic E-state index is -0.579. The van der Waals surface area contributed by atoms with Gasteiger partial charge in [0.2, 0.25) is 0 Å². The lowest BCUT2D eigenvalue weighted by Gasteiger charge is -2.35. The summed E-state index contributed by atoms with van der Waals surface area (Å²) in [5, 5.41) is 0.942. The van der Waals surface area contributed by atoms with Gasteiger partial charge in [-0.3, -0.25) is 9.69 Å². The van der Waals surface area contributed by atoms with Gasteiger partial charge in [0.05, 0.1) is 5.02 Å². The van der Waals surface area contributed by atoms with Crippen molar-refractivity contribution in [2.75, 3.05) is 32.7 Å². The second kappa shape index (κ2) is 7.86. The molecule has 0 saturated carbocycles. The van der Waals surface area contributed by atoms with Crippen molar-refractivity contribution in [3.8, 4) is 5.75 Å². The number of nitrogens with zero attached hydrogens (tertiary/aromatic N) is 2. The van der Waals surface area contributed by atoms with E-state index in [4.69, 9.17) is 27.9 Å². The van der Waals surface area contributed by atoms with E-state index in [1.54, 1.807) is 25.1 Å². The molecule has 1 atom stereocenters. The zero-order valence-corrected chi connectivity index (χ0v) is 14.1. The quantitative estimate of drug-likeness (QED) is 0.771. The Balaban J connectivity index is 1.91. The van der Waals surface area contributed by atoms with Crippen LogP contribution >= 0.6 is 23.2 Å². The Morgan fingerprint density at radius 1 is 1.36 bits per heavy atom. The van der Waals surface area contributed by atoms with Crippen LogP contribution < -0.4 is 4.74 Å². The number of amides is 1. The fraction of sp³-hybridized carbons (Fsp3) is 0.438. The van der Waals surface area contributed by atoms with Gasteiger partial charge in [-0.15, -0.1) is 6.58 Å². The molecule has 1 aromatic carbocycles. The first kappa shape index (κ1) is 17.1. The summed E-state index contributed by atoms with van der Waals surface area (Å²) in [5.74, 6) is 0.446. The van der Waals surface area contributed by atoms with Crippen LogP contribution in [0.5, 0.6) is 5.75 Å². The Labute approximate surface area is 141 Å². The van der Waals surface area contributed by atoms with Gasteiger partial charge in [0.1, 0.15) is 5.75 Å². The lowest BCUT2D eigenvalue weighted by atomic mass is 10.2. The van der Waals surface area contributed by atoms with Crippen LogP contribution in [0.15, 0.2) is 30.9 Å². The molecule has 1 aromatic rings.